The van der Waals surface area contributed by atoms with Crippen LogP contribution in [-0.4, -0.2) is 51.7 Å². The van der Waals surface area contributed by atoms with E-state index in [1.54, 1.807) is 0 Å². The van der Waals surface area contributed by atoms with E-state index < -0.39 is 59.7 Å². The zero-order valence-corrected chi connectivity index (χ0v) is 17.8. The van der Waals surface area contributed by atoms with Crippen molar-refractivity contribution in [2.24, 2.45) is 5.73 Å². The third-order valence-electron chi connectivity index (χ3n) is 4.78. The largest absolute Gasteiger partial charge is 0.397 e. The topological polar surface area (TPSA) is 108 Å². The minimum atomic E-state index is -1.64. The SMILES string of the molecule is N/C(=C\NC1C(O)C(CO)OC(Sc2ccc(F)c(Cl)c2)C1O)c1cc(F)c(F)c(F)c1. The molecular weight excluding hydrogens is 476 g/mol. The molecule has 32 heavy (non-hydrogen) atoms. The number of nitrogens with two attached hydrogens (primary N) is 1. The van der Waals surface area contributed by atoms with E-state index >= 15 is 0 Å². The number of nitrogens with one attached hydrogen (secondary N) is 1. The molecule has 1 aliphatic heterocycles. The Kier molecular flexibility index (Phi) is 7.91. The molecule has 6 nitrogen and oxygen atoms in total. The first-order valence-corrected chi connectivity index (χ1v) is 10.5. The normalized spacial score (nSPS) is 26.2. The molecule has 1 aliphatic rings. The van der Waals surface area contributed by atoms with Gasteiger partial charge in [-0.15, -0.1) is 0 Å². The van der Waals surface area contributed by atoms with Crippen LogP contribution >= 0.6 is 23.4 Å². The van der Waals surface area contributed by atoms with Crippen LogP contribution in [-0.2, 0) is 4.74 Å². The van der Waals surface area contributed by atoms with Crippen molar-refractivity contribution in [2.75, 3.05) is 6.61 Å². The maximum atomic E-state index is 13.4. The summed E-state index contributed by atoms with van der Waals surface area (Å²) in [7, 11) is 0. The van der Waals surface area contributed by atoms with Gasteiger partial charge in [0.25, 0.3) is 0 Å². The maximum Gasteiger partial charge on any atom is 0.194 e. The van der Waals surface area contributed by atoms with Crippen LogP contribution in [0.15, 0.2) is 41.4 Å². The van der Waals surface area contributed by atoms with E-state index in [-0.39, 0.29) is 16.3 Å². The van der Waals surface area contributed by atoms with Gasteiger partial charge in [-0.2, -0.15) is 0 Å². The fraction of sp³-hybridized carbons (Fsp3) is 0.300. The van der Waals surface area contributed by atoms with Gasteiger partial charge in [0.1, 0.15) is 29.6 Å². The maximum absolute atomic E-state index is 13.4. The lowest BCUT2D eigenvalue weighted by Gasteiger charge is -2.42. The van der Waals surface area contributed by atoms with Gasteiger partial charge >= 0.3 is 0 Å². The van der Waals surface area contributed by atoms with Crippen LogP contribution in [0.3, 0.4) is 0 Å². The highest BCUT2D eigenvalue weighted by Crippen LogP contribution is 2.35. The van der Waals surface area contributed by atoms with Gasteiger partial charge in [0.15, 0.2) is 17.5 Å². The fourth-order valence-electron chi connectivity index (χ4n) is 3.06. The summed E-state index contributed by atoms with van der Waals surface area (Å²) in [6.45, 7) is -0.582. The Labute approximate surface area is 189 Å². The molecule has 0 radical (unpaired) electrons. The second kappa shape index (κ2) is 10.3. The lowest BCUT2D eigenvalue weighted by Crippen LogP contribution is -2.62. The third kappa shape index (κ3) is 5.30. The van der Waals surface area contributed by atoms with E-state index in [0.717, 1.165) is 24.0 Å². The molecule has 0 aliphatic carbocycles. The summed E-state index contributed by atoms with van der Waals surface area (Å²) in [5.74, 6) is -5.13. The summed E-state index contributed by atoms with van der Waals surface area (Å²) in [5.41, 5.74) is 4.41. The fourth-order valence-corrected chi connectivity index (χ4v) is 4.41. The minimum Gasteiger partial charge on any atom is -0.397 e. The average molecular weight is 495 g/mol. The third-order valence-corrected chi connectivity index (χ3v) is 6.21. The molecule has 0 spiro atoms. The molecule has 1 heterocycles. The Morgan fingerprint density at radius 3 is 2.34 bits per heavy atom. The second-order valence-corrected chi connectivity index (χ2v) is 8.53. The summed E-state index contributed by atoms with van der Waals surface area (Å²) in [5, 5.41) is 33.2. The number of hydrogen-bond donors (Lipinski definition) is 5. The van der Waals surface area contributed by atoms with Crippen LogP contribution in [0.2, 0.25) is 5.02 Å². The van der Waals surface area contributed by atoms with Crippen molar-refractivity contribution in [1.82, 2.24) is 5.32 Å². The molecule has 6 N–H and O–H groups in total. The molecule has 5 atom stereocenters. The molecule has 3 rings (SSSR count). The zero-order valence-electron chi connectivity index (χ0n) is 16.2. The molecule has 0 amide bonds. The van der Waals surface area contributed by atoms with Gasteiger partial charge in [-0.25, -0.2) is 17.6 Å². The summed E-state index contributed by atoms with van der Waals surface area (Å²) in [6.07, 6.45) is -2.78. The molecule has 1 fully saturated rings. The van der Waals surface area contributed by atoms with Crippen LogP contribution in [0.5, 0.6) is 0 Å². The quantitative estimate of drug-likeness (QED) is 0.310. The van der Waals surface area contributed by atoms with Crippen LogP contribution in [0.1, 0.15) is 5.56 Å². The predicted molar refractivity (Wildman–Crippen MR) is 110 cm³/mol. The first-order chi connectivity index (χ1) is 15.1. The van der Waals surface area contributed by atoms with E-state index in [1.165, 1.54) is 12.1 Å². The molecule has 174 valence electrons. The molecule has 0 aromatic heterocycles. The van der Waals surface area contributed by atoms with Crippen LogP contribution in [0, 0.1) is 23.3 Å². The summed E-state index contributed by atoms with van der Waals surface area (Å²) >= 11 is 6.75. The molecule has 1 saturated heterocycles. The predicted octanol–water partition coefficient (Wildman–Crippen LogP) is 2.34. The first-order valence-electron chi connectivity index (χ1n) is 9.23. The average Bonchev–Trinajstić information content (AvgIpc) is 2.75. The van der Waals surface area contributed by atoms with Gasteiger partial charge in [-0.1, -0.05) is 23.4 Å². The van der Waals surface area contributed by atoms with Crippen molar-refractivity contribution < 1.29 is 37.6 Å². The van der Waals surface area contributed by atoms with E-state index in [0.29, 0.717) is 17.0 Å². The van der Waals surface area contributed by atoms with Crippen molar-refractivity contribution in [1.29, 1.82) is 0 Å². The van der Waals surface area contributed by atoms with Crippen LogP contribution < -0.4 is 11.1 Å². The second-order valence-electron chi connectivity index (χ2n) is 6.95. The Morgan fingerprint density at radius 2 is 1.75 bits per heavy atom. The number of aliphatic hydroxyl groups excluding tert-OH is 3. The Hall–Kier alpha value is -2.02. The number of ether oxygens (including phenoxy) is 1. The molecule has 5 unspecified atom stereocenters. The smallest absolute Gasteiger partial charge is 0.194 e. The Morgan fingerprint density at radius 1 is 1.09 bits per heavy atom. The first kappa shape index (κ1) is 24.6. The highest BCUT2D eigenvalue weighted by atomic mass is 35.5. The van der Waals surface area contributed by atoms with E-state index in [2.05, 4.69) is 5.32 Å². The van der Waals surface area contributed by atoms with Crippen molar-refractivity contribution in [3.05, 3.63) is 70.4 Å². The Balaban J connectivity index is 1.80. The lowest BCUT2D eigenvalue weighted by molar-refractivity contribution is -0.164. The Bertz CT molecular complexity index is 993. The molecule has 0 bridgehead atoms. The van der Waals surface area contributed by atoms with Gasteiger partial charge in [0.05, 0.1) is 23.4 Å². The van der Waals surface area contributed by atoms with Crippen molar-refractivity contribution in [2.45, 2.75) is 34.7 Å². The number of thioether (sulfide) groups is 1. The molecule has 12 heteroatoms. The standard InChI is InChI=1S/C20H19ClF4N2O4S/c21-10-5-9(1-2-11(10)22)32-20-19(30)17(18(29)15(7-28)31-20)27-6-14(26)8-3-12(23)16(25)13(24)4-8/h1-6,15,17-20,27-30H,7,26H2/b14-6-. The number of aliphatic hydroxyl groups is 3. The highest BCUT2D eigenvalue weighted by molar-refractivity contribution is 7.99. The molecular formula is C20H19ClF4N2O4S. The lowest BCUT2D eigenvalue weighted by atomic mass is 9.97. The molecule has 2 aromatic rings. The van der Waals surface area contributed by atoms with Gasteiger partial charge in [-0.3, -0.25) is 0 Å². The number of hydrogen-bond acceptors (Lipinski definition) is 7. The van der Waals surface area contributed by atoms with Crippen molar-refractivity contribution in [3.8, 4) is 0 Å². The zero-order chi connectivity index (χ0) is 23.6. The van der Waals surface area contributed by atoms with Crippen molar-refractivity contribution >= 4 is 29.1 Å². The number of halogens is 5. The van der Waals surface area contributed by atoms with Gasteiger partial charge in [0.2, 0.25) is 0 Å². The van der Waals surface area contributed by atoms with Gasteiger partial charge in [-0.05, 0) is 30.3 Å². The van der Waals surface area contributed by atoms with Crippen molar-refractivity contribution in [3.63, 3.8) is 0 Å². The highest BCUT2D eigenvalue weighted by Gasteiger charge is 2.44. The van der Waals surface area contributed by atoms with E-state index in [9.17, 15) is 32.9 Å². The number of benzene rings is 2. The summed E-state index contributed by atoms with van der Waals surface area (Å²) < 4.78 is 59.0. The molecule has 0 saturated carbocycles. The molecule has 2 aromatic carbocycles. The number of rotatable bonds is 6. The van der Waals surface area contributed by atoms with Crippen LogP contribution in [0.25, 0.3) is 5.70 Å². The summed E-state index contributed by atoms with van der Waals surface area (Å²) in [6, 6.07) is 4.14. The monoisotopic (exact) mass is 494 g/mol. The minimum absolute atomic E-state index is 0.136. The van der Waals surface area contributed by atoms with Gasteiger partial charge in [0, 0.05) is 16.7 Å². The van der Waals surface area contributed by atoms with Gasteiger partial charge < -0.3 is 31.1 Å². The van der Waals surface area contributed by atoms with Crippen LogP contribution in [0.4, 0.5) is 17.6 Å². The van der Waals surface area contributed by atoms with E-state index in [1.807, 2.05) is 0 Å². The van der Waals surface area contributed by atoms with E-state index in [4.69, 9.17) is 22.1 Å². The summed E-state index contributed by atoms with van der Waals surface area (Å²) in [4.78, 5) is 0.458.